The molecule has 0 atom stereocenters. The number of carbonyl (C=O) groups is 2. The summed E-state index contributed by atoms with van der Waals surface area (Å²) in [7, 11) is 0. The van der Waals surface area contributed by atoms with Crippen LogP contribution >= 0.6 is 0 Å². The normalized spacial score (nSPS) is 10.6. The van der Waals surface area contributed by atoms with E-state index in [0.717, 1.165) is 17.3 Å². The number of aromatic nitrogens is 4. The Kier molecular flexibility index (Phi) is 7.10. The first-order valence-corrected chi connectivity index (χ1v) is 9.56. The molecule has 3 aromatic rings. The highest BCUT2D eigenvalue weighted by Gasteiger charge is 2.16. The van der Waals surface area contributed by atoms with Crippen LogP contribution in [0.2, 0.25) is 0 Å². The lowest BCUT2D eigenvalue weighted by Crippen LogP contribution is -2.36. The van der Waals surface area contributed by atoms with Gasteiger partial charge in [-0.05, 0) is 37.1 Å². The van der Waals surface area contributed by atoms with E-state index in [9.17, 15) is 19.7 Å². The van der Waals surface area contributed by atoms with Crippen molar-refractivity contribution in [1.82, 2.24) is 30.6 Å². The maximum absolute atomic E-state index is 12.1. The molecule has 0 unspecified atom stereocenters. The van der Waals surface area contributed by atoms with E-state index < -0.39 is 10.8 Å². The molecule has 3 rings (SSSR count). The fourth-order valence-electron chi connectivity index (χ4n) is 2.55. The Hall–Kier alpha value is -4.29. The number of amides is 2. The van der Waals surface area contributed by atoms with Crippen LogP contribution in [0.5, 0.6) is 5.75 Å². The fraction of sp³-hybridized carbons (Fsp3) is 0.316. The van der Waals surface area contributed by atoms with Crippen LogP contribution in [-0.2, 0) is 11.3 Å². The van der Waals surface area contributed by atoms with Gasteiger partial charge in [-0.15, -0.1) is 0 Å². The molecule has 2 amide bonds. The zero-order valence-corrected chi connectivity index (χ0v) is 17.4. The predicted octanol–water partition coefficient (Wildman–Crippen LogP) is 0.764. The quantitative estimate of drug-likeness (QED) is 0.261. The SMILES string of the molecule is Cc1ccc(OCC(=O)NCCNC(=O)c2nc(Cn3cc([N+](=O)[O-])cn3)no2)cc1C. The molecule has 0 radical (unpaired) electrons. The van der Waals surface area contributed by atoms with Crippen molar-refractivity contribution in [2.24, 2.45) is 0 Å². The van der Waals surface area contributed by atoms with Crippen LogP contribution in [0.3, 0.4) is 0 Å². The highest BCUT2D eigenvalue weighted by molar-refractivity contribution is 5.89. The van der Waals surface area contributed by atoms with Crippen LogP contribution < -0.4 is 15.4 Å². The van der Waals surface area contributed by atoms with Gasteiger partial charge in [-0.2, -0.15) is 10.1 Å². The Morgan fingerprint density at radius 3 is 2.72 bits per heavy atom. The van der Waals surface area contributed by atoms with Crippen LogP contribution in [-0.4, -0.2) is 56.4 Å². The molecule has 0 fully saturated rings. The van der Waals surface area contributed by atoms with Crippen LogP contribution in [0, 0.1) is 24.0 Å². The van der Waals surface area contributed by atoms with Crippen LogP contribution in [0.25, 0.3) is 0 Å². The van der Waals surface area contributed by atoms with Crippen molar-refractivity contribution in [2.45, 2.75) is 20.4 Å². The second-order valence-corrected chi connectivity index (χ2v) is 6.81. The lowest BCUT2D eigenvalue weighted by Gasteiger charge is -2.09. The number of hydrogen-bond donors (Lipinski definition) is 2. The summed E-state index contributed by atoms with van der Waals surface area (Å²) in [5.74, 6) is -0.480. The van der Waals surface area contributed by atoms with Crippen LogP contribution in [0.4, 0.5) is 5.69 Å². The van der Waals surface area contributed by atoms with Crippen molar-refractivity contribution in [1.29, 1.82) is 0 Å². The number of carbonyl (C=O) groups excluding carboxylic acids is 2. The van der Waals surface area contributed by atoms with Gasteiger partial charge in [0.1, 0.15) is 24.7 Å². The molecule has 13 nitrogen and oxygen atoms in total. The number of ether oxygens (including phenoxy) is 1. The molecule has 1 aromatic carbocycles. The number of benzene rings is 1. The average molecular weight is 443 g/mol. The number of rotatable bonds is 10. The van der Waals surface area contributed by atoms with Crippen LogP contribution in [0.15, 0.2) is 35.1 Å². The first kappa shape index (κ1) is 22.4. The van der Waals surface area contributed by atoms with Gasteiger partial charge in [0.15, 0.2) is 12.4 Å². The summed E-state index contributed by atoms with van der Waals surface area (Å²) in [5.41, 5.74) is 2.03. The maximum atomic E-state index is 12.1. The minimum atomic E-state index is -0.615. The van der Waals surface area contributed by atoms with Gasteiger partial charge in [0.2, 0.25) is 0 Å². The van der Waals surface area contributed by atoms with E-state index in [1.54, 1.807) is 6.07 Å². The zero-order valence-electron chi connectivity index (χ0n) is 17.4. The second kappa shape index (κ2) is 10.1. The van der Waals surface area contributed by atoms with E-state index in [1.165, 1.54) is 10.9 Å². The summed E-state index contributed by atoms with van der Waals surface area (Å²) in [6.07, 6.45) is 2.30. The van der Waals surface area contributed by atoms with E-state index in [0.29, 0.717) is 5.75 Å². The Labute approximate surface area is 181 Å². The molecule has 0 aliphatic carbocycles. The average Bonchev–Trinajstić information content (AvgIpc) is 3.42. The van der Waals surface area contributed by atoms with E-state index in [-0.39, 0.29) is 49.6 Å². The summed E-state index contributed by atoms with van der Waals surface area (Å²) in [6, 6.07) is 5.57. The highest BCUT2D eigenvalue weighted by Crippen LogP contribution is 2.16. The van der Waals surface area contributed by atoms with Gasteiger partial charge in [0.05, 0.1) is 4.92 Å². The molecule has 0 saturated carbocycles. The molecule has 0 spiro atoms. The molecular formula is C19H21N7O6. The fourth-order valence-corrected chi connectivity index (χ4v) is 2.55. The molecule has 0 bridgehead atoms. The number of hydrogen-bond acceptors (Lipinski definition) is 9. The minimum absolute atomic E-state index is 0.00118. The lowest BCUT2D eigenvalue weighted by molar-refractivity contribution is -0.385. The van der Waals surface area contributed by atoms with E-state index in [4.69, 9.17) is 9.26 Å². The Balaban J connectivity index is 1.37. The molecule has 0 aliphatic heterocycles. The van der Waals surface area contributed by atoms with Crippen molar-refractivity contribution in [3.05, 3.63) is 63.5 Å². The van der Waals surface area contributed by atoms with Gasteiger partial charge in [-0.25, -0.2) is 0 Å². The topological polar surface area (TPSA) is 167 Å². The van der Waals surface area contributed by atoms with Crippen LogP contribution in [0.1, 0.15) is 27.6 Å². The van der Waals surface area contributed by atoms with E-state index in [1.807, 2.05) is 26.0 Å². The molecular weight excluding hydrogens is 422 g/mol. The molecule has 2 aromatic heterocycles. The van der Waals surface area contributed by atoms with E-state index in [2.05, 4.69) is 25.9 Å². The standard InChI is InChI=1S/C19H21N7O6/c1-12-3-4-15(7-13(12)2)31-11-17(27)20-5-6-21-18(28)19-23-16(24-32-19)10-25-9-14(8-22-25)26(29)30/h3-4,7-9H,5-6,10-11H2,1-2H3,(H,20,27)(H,21,28). The van der Waals surface area contributed by atoms with Gasteiger partial charge >= 0.3 is 17.5 Å². The third kappa shape index (κ3) is 6.10. The molecule has 2 N–H and O–H groups in total. The summed E-state index contributed by atoms with van der Waals surface area (Å²) in [5, 5.41) is 23.3. The van der Waals surface area contributed by atoms with Gasteiger partial charge in [-0.1, -0.05) is 11.2 Å². The monoisotopic (exact) mass is 443 g/mol. The number of nitro groups is 1. The summed E-state index contributed by atoms with van der Waals surface area (Å²) in [6.45, 7) is 4.12. The van der Waals surface area contributed by atoms with Crippen molar-refractivity contribution in [2.75, 3.05) is 19.7 Å². The number of aryl methyl sites for hydroxylation is 2. The molecule has 2 heterocycles. The highest BCUT2D eigenvalue weighted by atomic mass is 16.6. The van der Waals surface area contributed by atoms with Gasteiger partial charge < -0.3 is 19.9 Å². The molecule has 0 saturated heterocycles. The minimum Gasteiger partial charge on any atom is -0.484 e. The predicted molar refractivity (Wildman–Crippen MR) is 109 cm³/mol. The smallest absolute Gasteiger partial charge is 0.316 e. The molecule has 168 valence electrons. The Bertz CT molecular complexity index is 1120. The van der Waals surface area contributed by atoms with Gasteiger partial charge in [-0.3, -0.25) is 24.4 Å². The first-order valence-electron chi connectivity index (χ1n) is 9.56. The lowest BCUT2D eigenvalue weighted by atomic mass is 10.1. The third-order valence-electron chi connectivity index (χ3n) is 4.38. The van der Waals surface area contributed by atoms with E-state index >= 15 is 0 Å². The Morgan fingerprint density at radius 1 is 1.22 bits per heavy atom. The molecule has 32 heavy (non-hydrogen) atoms. The summed E-state index contributed by atoms with van der Waals surface area (Å²) < 4.78 is 11.6. The molecule has 0 aliphatic rings. The number of nitrogens with zero attached hydrogens (tertiary/aromatic N) is 5. The molecule has 13 heteroatoms. The Morgan fingerprint density at radius 2 is 2.00 bits per heavy atom. The van der Waals surface area contributed by atoms with Crippen molar-refractivity contribution >= 4 is 17.5 Å². The first-order chi connectivity index (χ1) is 15.3. The maximum Gasteiger partial charge on any atom is 0.316 e. The van der Waals surface area contributed by atoms with Crippen molar-refractivity contribution in [3.63, 3.8) is 0 Å². The second-order valence-electron chi connectivity index (χ2n) is 6.81. The van der Waals surface area contributed by atoms with Crippen molar-refractivity contribution < 1.29 is 23.8 Å². The number of nitrogens with one attached hydrogen (secondary N) is 2. The summed E-state index contributed by atoms with van der Waals surface area (Å²) in [4.78, 5) is 37.9. The third-order valence-corrected chi connectivity index (χ3v) is 4.38. The van der Waals surface area contributed by atoms with Crippen molar-refractivity contribution in [3.8, 4) is 5.75 Å². The zero-order chi connectivity index (χ0) is 23.1. The summed E-state index contributed by atoms with van der Waals surface area (Å²) >= 11 is 0. The van der Waals surface area contributed by atoms with Gasteiger partial charge in [0.25, 0.3) is 5.91 Å². The van der Waals surface area contributed by atoms with Gasteiger partial charge in [0, 0.05) is 13.1 Å². The largest absolute Gasteiger partial charge is 0.484 e.